The average molecular weight is 558 g/mol. The number of rotatable bonds is 6. The molecular formula is C31H31N3O7. The molecule has 2 fully saturated rings. The minimum atomic E-state index is -2.71. The van der Waals surface area contributed by atoms with Crippen molar-refractivity contribution in [1.29, 1.82) is 5.26 Å². The zero-order valence-electron chi connectivity index (χ0n) is 22.7. The number of benzene rings is 2. The Morgan fingerprint density at radius 1 is 1.12 bits per heavy atom. The number of nitrogens with one attached hydrogen (secondary N) is 1. The molecule has 2 aromatic carbocycles. The molecule has 0 saturated heterocycles. The highest BCUT2D eigenvalue weighted by atomic mass is 16.3. The number of hydrogen-bond acceptors (Lipinski definition) is 9. The molecule has 2 unspecified atom stereocenters. The first kappa shape index (κ1) is 28.3. The van der Waals surface area contributed by atoms with Crippen LogP contribution in [0.1, 0.15) is 41.8 Å². The zero-order chi connectivity index (χ0) is 29.8. The van der Waals surface area contributed by atoms with Gasteiger partial charge in [-0.15, -0.1) is 0 Å². The van der Waals surface area contributed by atoms with E-state index in [1.807, 2.05) is 30.3 Å². The van der Waals surface area contributed by atoms with Crippen LogP contribution in [0.2, 0.25) is 0 Å². The van der Waals surface area contributed by atoms with Crippen molar-refractivity contribution in [3.8, 4) is 22.9 Å². The van der Waals surface area contributed by atoms with Crippen LogP contribution in [0.3, 0.4) is 0 Å². The van der Waals surface area contributed by atoms with E-state index >= 15 is 0 Å². The van der Waals surface area contributed by atoms with Gasteiger partial charge in [0.25, 0.3) is 0 Å². The number of nitrogens with zero attached hydrogens (tertiary/aromatic N) is 1. The molecule has 1 amide bonds. The molecule has 0 bridgehead atoms. The van der Waals surface area contributed by atoms with E-state index in [-0.39, 0.29) is 30.7 Å². The lowest BCUT2D eigenvalue weighted by molar-refractivity contribution is -0.182. The molecule has 0 aliphatic heterocycles. The fraction of sp³-hybridized carbons (Fsp3) is 0.419. The summed E-state index contributed by atoms with van der Waals surface area (Å²) >= 11 is 0. The Labute approximate surface area is 236 Å². The van der Waals surface area contributed by atoms with E-state index in [2.05, 4.69) is 5.32 Å². The number of carbonyl (C=O) groups is 5. The molecule has 212 valence electrons. The first-order valence-electron chi connectivity index (χ1n) is 13.6. The number of carbonyl (C=O) groups excluding carboxylic acids is 5. The summed E-state index contributed by atoms with van der Waals surface area (Å²) in [6.07, 6.45) is 0.230. The molecule has 5 rings (SSSR count). The molecule has 3 aliphatic rings. The van der Waals surface area contributed by atoms with Crippen molar-refractivity contribution in [3.63, 3.8) is 0 Å². The van der Waals surface area contributed by atoms with E-state index in [1.165, 1.54) is 6.07 Å². The maximum Gasteiger partial charge on any atom is 0.235 e. The summed E-state index contributed by atoms with van der Waals surface area (Å²) < 4.78 is 0. The first-order chi connectivity index (χ1) is 19.4. The minimum Gasteiger partial charge on any atom is -0.507 e. The number of nitrogens with two attached hydrogens (primary N) is 1. The van der Waals surface area contributed by atoms with Crippen molar-refractivity contribution < 1.29 is 34.2 Å². The van der Waals surface area contributed by atoms with Crippen LogP contribution < -0.4 is 11.1 Å². The van der Waals surface area contributed by atoms with Gasteiger partial charge in [0, 0.05) is 18.4 Å². The van der Waals surface area contributed by atoms with Crippen LogP contribution in [0, 0.1) is 46.8 Å². The molecule has 2 aromatic rings. The highest BCUT2D eigenvalue weighted by molar-refractivity contribution is 6.32. The van der Waals surface area contributed by atoms with Crippen molar-refractivity contribution >= 4 is 29.0 Å². The van der Waals surface area contributed by atoms with E-state index in [0.29, 0.717) is 17.7 Å². The maximum absolute atomic E-state index is 13.9. The van der Waals surface area contributed by atoms with Crippen molar-refractivity contribution in [3.05, 3.63) is 53.1 Å². The van der Waals surface area contributed by atoms with Crippen molar-refractivity contribution in [1.82, 2.24) is 5.32 Å². The summed E-state index contributed by atoms with van der Waals surface area (Å²) in [5.74, 6) is -11.8. The summed E-state index contributed by atoms with van der Waals surface area (Å²) in [5, 5.41) is 34.2. The molecule has 3 aliphatic carbocycles. The predicted octanol–water partition coefficient (Wildman–Crippen LogP) is 1.49. The molecule has 0 aromatic heterocycles. The Morgan fingerprint density at radius 3 is 2.41 bits per heavy atom. The number of nitriles is 1. The van der Waals surface area contributed by atoms with Gasteiger partial charge in [-0.3, -0.25) is 24.0 Å². The van der Waals surface area contributed by atoms with Crippen LogP contribution >= 0.6 is 0 Å². The smallest absolute Gasteiger partial charge is 0.235 e. The van der Waals surface area contributed by atoms with Gasteiger partial charge < -0.3 is 21.3 Å². The summed E-state index contributed by atoms with van der Waals surface area (Å²) in [7, 11) is 0. The van der Waals surface area contributed by atoms with Crippen molar-refractivity contribution in [2.45, 2.75) is 38.8 Å². The third kappa shape index (κ3) is 4.28. The fourth-order valence-corrected chi connectivity index (χ4v) is 7.19. The van der Waals surface area contributed by atoms with Gasteiger partial charge in [-0.25, -0.2) is 0 Å². The number of hydrogen-bond donors (Lipinski definition) is 4. The summed E-state index contributed by atoms with van der Waals surface area (Å²) in [6.45, 7) is 4.14. The van der Waals surface area contributed by atoms with E-state index in [1.54, 1.807) is 19.9 Å². The summed E-state index contributed by atoms with van der Waals surface area (Å²) in [5.41, 5.74) is 5.60. The Morgan fingerprint density at radius 2 is 1.80 bits per heavy atom. The lowest BCUT2D eigenvalue weighted by Crippen LogP contribution is -2.71. The van der Waals surface area contributed by atoms with Gasteiger partial charge in [0.1, 0.15) is 5.75 Å². The van der Waals surface area contributed by atoms with Crippen molar-refractivity contribution in [2.75, 3.05) is 6.54 Å². The van der Waals surface area contributed by atoms with E-state index in [0.717, 1.165) is 11.1 Å². The number of primary amides is 1. The SMILES string of the molecule is CC(C)[C@@H]1C(=O)C(C(N)=O)C(=O)[C@@]2(O)C(=O)C3C(=O)c4c(O)ccc(-c5ccc(CNCC#N)cc5)c4C[C@H]3C[C@@H]12. The Kier molecular flexibility index (Phi) is 7.14. The second-order valence-corrected chi connectivity index (χ2v) is 11.6. The van der Waals surface area contributed by atoms with Gasteiger partial charge in [-0.05, 0) is 53.0 Å². The van der Waals surface area contributed by atoms with Crippen LogP contribution in [-0.4, -0.2) is 51.4 Å². The fourth-order valence-electron chi connectivity index (χ4n) is 7.19. The maximum atomic E-state index is 13.9. The van der Waals surface area contributed by atoms with Gasteiger partial charge in [0.15, 0.2) is 34.7 Å². The van der Waals surface area contributed by atoms with Crippen molar-refractivity contribution in [2.24, 2.45) is 41.2 Å². The average Bonchev–Trinajstić information content (AvgIpc) is 2.91. The van der Waals surface area contributed by atoms with E-state index in [4.69, 9.17) is 11.0 Å². The van der Waals surface area contributed by atoms with E-state index < -0.39 is 70.1 Å². The number of phenols is 1. The highest BCUT2D eigenvalue weighted by Crippen LogP contribution is 2.53. The Bertz CT molecular complexity index is 1520. The number of Topliss-reactive ketones (excluding diaryl/α,β-unsaturated/α-hetero) is 4. The standard InChI is InChI=1S/C31H31N3O7/c1-14(2)22-20-12-17-11-19-18(16-5-3-15(4-6-16)13-34-10-9-32)7-8-21(35)24(19)27(37)23(17)28(38)31(20,41)29(39)25(26(22)36)30(33)40/h3-8,14,17,20,22-23,25,34-35,41H,10-13H2,1-2H3,(H2,33,40)/t17-,20-,22-,23?,25?,31-/m0/s1. The third-order valence-corrected chi connectivity index (χ3v) is 8.99. The topological polar surface area (TPSA) is 188 Å². The Balaban J connectivity index is 1.57. The summed E-state index contributed by atoms with van der Waals surface area (Å²) in [6, 6.07) is 12.6. The quantitative estimate of drug-likeness (QED) is 0.232. The number of aromatic hydroxyl groups is 1. The normalized spacial score (nSPS) is 29.0. The molecular weight excluding hydrogens is 526 g/mol. The third-order valence-electron chi connectivity index (χ3n) is 8.99. The predicted molar refractivity (Wildman–Crippen MR) is 145 cm³/mol. The first-order valence-corrected chi connectivity index (χ1v) is 13.6. The number of amides is 1. The van der Waals surface area contributed by atoms with Gasteiger partial charge in [0.05, 0.1) is 24.1 Å². The molecule has 41 heavy (non-hydrogen) atoms. The van der Waals surface area contributed by atoms with Gasteiger partial charge >= 0.3 is 0 Å². The second-order valence-electron chi connectivity index (χ2n) is 11.6. The van der Waals surface area contributed by atoms with Crippen LogP contribution in [-0.2, 0) is 32.1 Å². The largest absolute Gasteiger partial charge is 0.507 e. The summed E-state index contributed by atoms with van der Waals surface area (Å²) in [4.78, 5) is 66.6. The molecule has 0 heterocycles. The minimum absolute atomic E-state index is 0.0302. The molecule has 10 nitrogen and oxygen atoms in total. The monoisotopic (exact) mass is 557 g/mol. The lowest BCUT2D eigenvalue weighted by atomic mass is 9.49. The van der Waals surface area contributed by atoms with Crippen LogP contribution in [0.15, 0.2) is 36.4 Å². The number of phenolic OH excluding ortho intramolecular Hbond substituents is 1. The van der Waals surface area contributed by atoms with Crippen LogP contribution in [0.4, 0.5) is 0 Å². The number of ketones is 4. The van der Waals surface area contributed by atoms with Crippen LogP contribution in [0.25, 0.3) is 11.1 Å². The van der Waals surface area contributed by atoms with Gasteiger partial charge in [0.2, 0.25) is 5.91 Å². The number of aliphatic hydroxyl groups is 1. The molecule has 0 spiro atoms. The molecule has 2 saturated carbocycles. The lowest BCUT2D eigenvalue weighted by Gasteiger charge is -2.52. The molecule has 5 N–H and O–H groups in total. The second kappa shape index (κ2) is 10.3. The molecule has 10 heteroatoms. The highest BCUT2D eigenvalue weighted by Gasteiger charge is 2.69. The molecule has 6 atom stereocenters. The van der Waals surface area contributed by atoms with Gasteiger partial charge in [-0.2, -0.15) is 5.26 Å². The zero-order valence-corrected chi connectivity index (χ0v) is 22.7. The number of fused-ring (bicyclic) bond motifs is 3. The van der Waals surface area contributed by atoms with Gasteiger partial charge in [-0.1, -0.05) is 44.2 Å². The molecule has 0 radical (unpaired) electrons. The Hall–Kier alpha value is -4.20. The van der Waals surface area contributed by atoms with Crippen LogP contribution in [0.5, 0.6) is 5.75 Å². The van der Waals surface area contributed by atoms with E-state index in [9.17, 15) is 34.2 Å².